The highest BCUT2D eigenvalue weighted by Gasteiger charge is 2.31. The van der Waals surface area contributed by atoms with Crippen LogP contribution >= 0.6 is 0 Å². The summed E-state index contributed by atoms with van der Waals surface area (Å²) in [6.07, 6.45) is 4.20. The van der Waals surface area contributed by atoms with Crippen LogP contribution in [0.25, 0.3) is 0 Å². The molecule has 1 heteroatoms. The molecule has 2 rings (SSSR count). The van der Waals surface area contributed by atoms with E-state index in [1.165, 1.54) is 17.7 Å². The minimum Gasteiger partial charge on any atom is -0.469 e. The fourth-order valence-corrected chi connectivity index (χ4v) is 2.38. The third-order valence-corrected chi connectivity index (χ3v) is 2.81. The summed E-state index contributed by atoms with van der Waals surface area (Å²) < 4.78 is 5.46. The monoisotopic (exact) mass is 164 g/mol. The molecule has 1 heterocycles. The molecule has 1 nitrogen and oxygen atoms in total. The molecule has 0 saturated heterocycles. The van der Waals surface area contributed by atoms with E-state index in [4.69, 9.17) is 4.42 Å². The smallest absolute Gasteiger partial charge is 0.107 e. The van der Waals surface area contributed by atoms with Crippen molar-refractivity contribution in [2.24, 2.45) is 5.41 Å². The molecule has 1 aliphatic rings. The SMILES string of the molecule is CC1CC(C)(C)Cc2occc21. The summed E-state index contributed by atoms with van der Waals surface area (Å²) in [6, 6.07) is 2.12. The van der Waals surface area contributed by atoms with Crippen LogP contribution in [0, 0.1) is 5.41 Å². The highest BCUT2D eigenvalue weighted by Crippen LogP contribution is 2.41. The second-order valence-electron chi connectivity index (χ2n) is 4.75. The third-order valence-electron chi connectivity index (χ3n) is 2.81. The van der Waals surface area contributed by atoms with Crippen molar-refractivity contribution < 1.29 is 4.42 Å². The molecule has 0 aliphatic heterocycles. The van der Waals surface area contributed by atoms with Gasteiger partial charge in [-0.2, -0.15) is 0 Å². The van der Waals surface area contributed by atoms with Crippen molar-refractivity contribution in [2.75, 3.05) is 0 Å². The zero-order chi connectivity index (χ0) is 8.77. The molecule has 0 bridgehead atoms. The molecule has 0 N–H and O–H groups in total. The molecule has 0 aromatic carbocycles. The van der Waals surface area contributed by atoms with Gasteiger partial charge in [-0.05, 0) is 29.4 Å². The van der Waals surface area contributed by atoms with Crippen molar-refractivity contribution in [3.8, 4) is 0 Å². The fourth-order valence-electron chi connectivity index (χ4n) is 2.38. The van der Waals surface area contributed by atoms with Crippen LogP contribution in [0.2, 0.25) is 0 Å². The molecule has 1 aromatic rings. The molecule has 1 atom stereocenters. The van der Waals surface area contributed by atoms with Crippen LogP contribution in [0.3, 0.4) is 0 Å². The summed E-state index contributed by atoms with van der Waals surface area (Å²) in [5, 5.41) is 0. The van der Waals surface area contributed by atoms with Crippen molar-refractivity contribution >= 4 is 0 Å². The standard InChI is InChI=1S/C11H16O/c1-8-6-11(2,3)7-10-9(8)4-5-12-10/h4-5,8H,6-7H2,1-3H3. The first-order valence-electron chi connectivity index (χ1n) is 4.65. The zero-order valence-corrected chi connectivity index (χ0v) is 8.05. The molecular weight excluding hydrogens is 148 g/mol. The summed E-state index contributed by atoms with van der Waals surface area (Å²) in [5.74, 6) is 1.88. The van der Waals surface area contributed by atoms with Gasteiger partial charge in [-0.3, -0.25) is 0 Å². The molecule has 1 aromatic heterocycles. The maximum absolute atomic E-state index is 5.46. The number of furan rings is 1. The second-order valence-corrected chi connectivity index (χ2v) is 4.75. The highest BCUT2D eigenvalue weighted by atomic mass is 16.3. The van der Waals surface area contributed by atoms with Crippen molar-refractivity contribution in [1.82, 2.24) is 0 Å². The van der Waals surface area contributed by atoms with Gasteiger partial charge in [-0.25, -0.2) is 0 Å². The Morgan fingerprint density at radius 3 is 3.00 bits per heavy atom. The normalized spacial score (nSPS) is 26.8. The lowest BCUT2D eigenvalue weighted by Gasteiger charge is -2.32. The first kappa shape index (κ1) is 7.90. The van der Waals surface area contributed by atoms with Crippen molar-refractivity contribution in [3.05, 3.63) is 23.7 Å². The number of fused-ring (bicyclic) bond motifs is 1. The molecule has 1 aliphatic carbocycles. The Labute approximate surface area is 73.8 Å². The zero-order valence-electron chi connectivity index (χ0n) is 8.05. The first-order chi connectivity index (χ1) is 5.58. The van der Waals surface area contributed by atoms with Crippen LogP contribution in [0.5, 0.6) is 0 Å². The molecule has 0 fully saturated rings. The molecule has 0 spiro atoms. The Bertz CT molecular complexity index is 283. The maximum atomic E-state index is 5.46. The highest BCUT2D eigenvalue weighted by molar-refractivity contribution is 5.25. The Hall–Kier alpha value is -0.720. The van der Waals surface area contributed by atoms with Crippen LogP contribution in [0.4, 0.5) is 0 Å². The summed E-state index contributed by atoms with van der Waals surface area (Å²) in [5.41, 5.74) is 1.85. The van der Waals surface area contributed by atoms with Crippen LogP contribution in [0.15, 0.2) is 16.7 Å². The Morgan fingerprint density at radius 2 is 2.25 bits per heavy atom. The summed E-state index contributed by atoms with van der Waals surface area (Å²) in [4.78, 5) is 0. The van der Waals surface area contributed by atoms with Gasteiger partial charge in [0.15, 0.2) is 0 Å². The van der Waals surface area contributed by atoms with E-state index in [1.54, 1.807) is 0 Å². The average Bonchev–Trinajstić information content (AvgIpc) is 2.31. The van der Waals surface area contributed by atoms with Gasteiger partial charge in [0.2, 0.25) is 0 Å². The van der Waals surface area contributed by atoms with Gasteiger partial charge in [0.1, 0.15) is 5.76 Å². The maximum Gasteiger partial charge on any atom is 0.107 e. The van der Waals surface area contributed by atoms with E-state index in [0.29, 0.717) is 11.3 Å². The lowest BCUT2D eigenvalue weighted by molar-refractivity contribution is 0.261. The molecule has 0 radical (unpaired) electrons. The lowest BCUT2D eigenvalue weighted by atomic mass is 9.72. The van der Waals surface area contributed by atoms with Crippen LogP contribution in [-0.2, 0) is 6.42 Å². The second kappa shape index (κ2) is 2.38. The lowest BCUT2D eigenvalue weighted by Crippen LogP contribution is -2.23. The molecule has 0 amide bonds. The van der Waals surface area contributed by atoms with Gasteiger partial charge in [-0.1, -0.05) is 20.8 Å². The topological polar surface area (TPSA) is 13.1 Å². The van der Waals surface area contributed by atoms with Crippen molar-refractivity contribution in [2.45, 2.75) is 39.5 Å². The van der Waals surface area contributed by atoms with Crippen molar-refractivity contribution in [3.63, 3.8) is 0 Å². The van der Waals surface area contributed by atoms with E-state index in [-0.39, 0.29) is 0 Å². The summed E-state index contributed by atoms with van der Waals surface area (Å²) in [7, 11) is 0. The Balaban J connectivity index is 2.38. The third kappa shape index (κ3) is 1.17. The van der Waals surface area contributed by atoms with Gasteiger partial charge in [0.05, 0.1) is 6.26 Å². The quantitative estimate of drug-likeness (QED) is 0.573. The van der Waals surface area contributed by atoms with E-state index in [0.717, 1.165) is 6.42 Å². The van der Waals surface area contributed by atoms with E-state index < -0.39 is 0 Å². The molecule has 12 heavy (non-hydrogen) atoms. The summed E-state index contributed by atoms with van der Waals surface area (Å²) in [6.45, 7) is 6.92. The molecular formula is C11H16O. The average molecular weight is 164 g/mol. The van der Waals surface area contributed by atoms with E-state index in [2.05, 4.69) is 26.8 Å². The predicted octanol–water partition coefficient (Wildman–Crippen LogP) is 3.36. The van der Waals surface area contributed by atoms with Crippen LogP contribution in [0.1, 0.15) is 44.4 Å². The van der Waals surface area contributed by atoms with Gasteiger partial charge in [0, 0.05) is 6.42 Å². The minimum atomic E-state index is 0.421. The van der Waals surface area contributed by atoms with Gasteiger partial charge in [0.25, 0.3) is 0 Å². The van der Waals surface area contributed by atoms with Gasteiger partial charge >= 0.3 is 0 Å². The van der Waals surface area contributed by atoms with Crippen LogP contribution < -0.4 is 0 Å². The Morgan fingerprint density at radius 1 is 1.50 bits per heavy atom. The van der Waals surface area contributed by atoms with E-state index in [9.17, 15) is 0 Å². The first-order valence-corrected chi connectivity index (χ1v) is 4.65. The minimum absolute atomic E-state index is 0.421. The largest absolute Gasteiger partial charge is 0.469 e. The van der Waals surface area contributed by atoms with Gasteiger partial charge < -0.3 is 4.42 Å². The van der Waals surface area contributed by atoms with E-state index >= 15 is 0 Å². The van der Waals surface area contributed by atoms with Crippen LogP contribution in [-0.4, -0.2) is 0 Å². The summed E-state index contributed by atoms with van der Waals surface area (Å²) >= 11 is 0. The number of hydrogen-bond donors (Lipinski definition) is 0. The number of hydrogen-bond acceptors (Lipinski definition) is 1. The van der Waals surface area contributed by atoms with Crippen molar-refractivity contribution in [1.29, 1.82) is 0 Å². The van der Waals surface area contributed by atoms with E-state index in [1.807, 2.05) is 6.26 Å². The molecule has 1 unspecified atom stereocenters. The molecule has 0 saturated carbocycles. The molecule has 66 valence electrons. The predicted molar refractivity (Wildman–Crippen MR) is 49.2 cm³/mol. The van der Waals surface area contributed by atoms with Gasteiger partial charge in [-0.15, -0.1) is 0 Å². The number of rotatable bonds is 0. The fraction of sp³-hybridized carbons (Fsp3) is 0.636. The Kier molecular flexibility index (Phi) is 1.57.